The van der Waals surface area contributed by atoms with Crippen molar-refractivity contribution >= 4 is 17.2 Å². The minimum absolute atomic E-state index is 0.207. The second-order valence-corrected chi connectivity index (χ2v) is 5.64. The second-order valence-electron chi connectivity index (χ2n) is 4.60. The second kappa shape index (κ2) is 4.55. The number of likely N-dealkylation sites (N-methyl/N-ethyl adjacent to an activating group) is 1. The lowest BCUT2D eigenvalue weighted by molar-refractivity contribution is -0.136. The SMILES string of the molecule is CN(Cc1cccs1)C(=O)C1(C)CCCN1. The first kappa shape index (κ1) is 11.6. The Bertz CT molecular complexity index is 355. The summed E-state index contributed by atoms with van der Waals surface area (Å²) in [5.41, 5.74) is -0.341. The molecule has 1 fully saturated rings. The monoisotopic (exact) mass is 238 g/mol. The van der Waals surface area contributed by atoms with Crippen LogP contribution in [0.2, 0.25) is 0 Å². The van der Waals surface area contributed by atoms with Crippen molar-refractivity contribution in [3.05, 3.63) is 22.4 Å². The average Bonchev–Trinajstić information content (AvgIpc) is 2.89. The lowest BCUT2D eigenvalue weighted by atomic mass is 9.98. The van der Waals surface area contributed by atoms with Crippen molar-refractivity contribution in [2.45, 2.75) is 31.8 Å². The van der Waals surface area contributed by atoms with Crippen LogP contribution >= 0.6 is 11.3 Å². The van der Waals surface area contributed by atoms with Crippen molar-refractivity contribution in [2.24, 2.45) is 0 Å². The lowest BCUT2D eigenvalue weighted by Crippen LogP contribution is -2.51. The number of rotatable bonds is 3. The Labute approximate surface area is 100 Å². The Hall–Kier alpha value is -0.870. The van der Waals surface area contributed by atoms with Crippen LogP contribution in [0.1, 0.15) is 24.6 Å². The lowest BCUT2D eigenvalue weighted by Gasteiger charge is -2.28. The molecule has 1 unspecified atom stereocenters. The van der Waals surface area contributed by atoms with Crippen LogP contribution in [0.3, 0.4) is 0 Å². The van der Waals surface area contributed by atoms with Crippen LogP contribution in [-0.4, -0.2) is 29.9 Å². The smallest absolute Gasteiger partial charge is 0.242 e. The van der Waals surface area contributed by atoms with E-state index >= 15 is 0 Å². The molecule has 3 nitrogen and oxygen atoms in total. The summed E-state index contributed by atoms with van der Waals surface area (Å²) in [6.07, 6.45) is 2.04. The van der Waals surface area contributed by atoms with E-state index < -0.39 is 0 Å². The van der Waals surface area contributed by atoms with Crippen molar-refractivity contribution in [1.82, 2.24) is 10.2 Å². The van der Waals surface area contributed by atoms with Crippen LogP contribution in [0.15, 0.2) is 17.5 Å². The summed E-state index contributed by atoms with van der Waals surface area (Å²) >= 11 is 1.70. The van der Waals surface area contributed by atoms with E-state index in [0.717, 1.165) is 19.4 Å². The van der Waals surface area contributed by atoms with Gasteiger partial charge in [0.05, 0.1) is 12.1 Å². The zero-order chi connectivity index (χ0) is 11.6. The third-order valence-corrected chi connectivity index (χ3v) is 4.02. The van der Waals surface area contributed by atoms with E-state index in [4.69, 9.17) is 0 Å². The number of amides is 1. The first-order chi connectivity index (χ1) is 7.62. The Morgan fingerprint density at radius 2 is 2.50 bits per heavy atom. The van der Waals surface area contributed by atoms with Gasteiger partial charge in [0.25, 0.3) is 0 Å². The molecule has 88 valence electrons. The highest BCUT2D eigenvalue weighted by Gasteiger charge is 2.37. The highest BCUT2D eigenvalue weighted by molar-refractivity contribution is 7.09. The third kappa shape index (κ3) is 2.28. The highest BCUT2D eigenvalue weighted by atomic mass is 32.1. The third-order valence-electron chi connectivity index (χ3n) is 3.16. The minimum atomic E-state index is -0.341. The number of hydrogen-bond acceptors (Lipinski definition) is 3. The van der Waals surface area contributed by atoms with Gasteiger partial charge in [-0.3, -0.25) is 4.79 Å². The number of carbonyl (C=O) groups is 1. The van der Waals surface area contributed by atoms with Gasteiger partial charge in [0, 0.05) is 11.9 Å². The Kier molecular flexibility index (Phi) is 3.30. The molecule has 0 saturated carbocycles. The quantitative estimate of drug-likeness (QED) is 0.871. The van der Waals surface area contributed by atoms with Gasteiger partial charge in [0.15, 0.2) is 0 Å². The van der Waals surface area contributed by atoms with Gasteiger partial charge in [-0.15, -0.1) is 11.3 Å². The topological polar surface area (TPSA) is 32.3 Å². The molecule has 4 heteroatoms. The van der Waals surface area contributed by atoms with Crippen molar-refractivity contribution in [3.8, 4) is 0 Å². The number of nitrogens with zero attached hydrogens (tertiary/aromatic N) is 1. The maximum Gasteiger partial charge on any atom is 0.242 e. The Morgan fingerprint density at radius 1 is 1.69 bits per heavy atom. The molecule has 1 amide bonds. The highest BCUT2D eigenvalue weighted by Crippen LogP contribution is 2.22. The summed E-state index contributed by atoms with van der Waals surface area (Å²) in [5.74, 6) is 0.207. The fraction of sp³-hybridized carbons (Fsp3) is 0.583. The van der Waals surface area contributed by atoms with Crippen LogP contribution in [0, 0.1) is 0 Å². The molecule has 2 rings (SSSR count). The molecule has 0 spiro atoms. The standard InChI is InChI=1S/C12H18N2OS/c1-12(6-4-7-13-12)11(15)14(2)9-10-5-3-8-16-10/h3,5,8,13H,4,6-7,9H2,1-2H3. The number of carbonyl (C=O) groups excluding carboxylic acids is 1. The summed E-state index contributed by atoms with van der Waals surface area (Å²) in [5, 5.41) is 5.35. The molecule has 0 radical (unpaired) electrons. The Balaban J connectivity index is 1.99. The molecule has 1 aromatic heterocycles. The molecule has 1 aromatic rings. The Morgan fingerprint density at radius 3 is 3.06 bits per heavy atom. The summed E-state index contributed by atoms with van der Waals surface area (Å²) in [6, 6.07) is 4.09. The van der Waals surface area contributed by atoms with Gasteiger partial charge in [-0.1, -0.05) is 6.07 Å². The predicted molar refractivity (Wildman–Crippen MR) is 66.4 cm³/mol. The van der Waals surface area contributed by atoms with Gasteiger partial charge in [0.1, 0.15) is 0 Å². The van der Waals surface area contributed by atoms with Crippen molar-refractivity contribution < 1.29 is 4.79 Å². The van der Waals surface area contributed by atoms with Crippen LogP contribution in [-0.2, 0) is 11.3 Å². The van der Waals surface area contributed by atoms with Gasteiger partial charge < -0.3 is 10.2 Å². The van der Waals surface area contributed by atoms with Gasteiger partial charge in [-0.05, 0) is 37.8 Å². The minimum Gasteiger partial charge on any atom is -0.339 e. The fourth-order valence-corrected chi connectivity index (χ4v) is 2.96. The van der Waals surface area contributed by atoms with E-state index in [-0.39, 0.29) is 11.4 Å². The van der Waals surface area contributed by atoms with E-state index in [1.54, 1.807) is 11.3 Å². The van der Waals surface area contributed by atoms with Gasteiger partial charge in [0.2, 0.25) is 5.91 Å². The van der Waals surface area contributed by atoms with Gasteiger partial charge >= 0.3 is 0 Å². The van der Waals surface area contributed by atoms with Crippen molar-refractivity contribution in [2.75, 3.05) is 13.6 Å². The molecule has 0 bridgehead atoms. The van der Waals surface area contributed by atoms with Crippen LogP contribution in [0.4, 0.5) is 0 Å². The molecule has 1 atom stereocenters. The molecule has 1 aliphatic heterocycles. The summed E-state index contributed by atoms with van der Waals surface area (Å²) in [6.45, 7) is 3.68. The predicted octanol–water partition coefficient (Wildman–Crippen LogP) is 1.85. The van der Waals surface area contributed by atoms with Crippen LogP contribution in [0.5, 0.6) is 0 Å². The summed E-state index contributed by atoms with van der Waals surface area (Å²) in [7, 11) is 1.88. The molecule has 1 N–H and O–H groups in total. The van der Waals surface area contributed by atoms with Crippen molar-refractivity contribution in [3.63, 3.8) is 0 Å². The fourth-order valence-electron chi connectivity index (χ4n) is 2.21. The van der Waals surface area contributed by atoms with Crippen LogP contribution in [0.25, 0.3) is 0 Å². The number of thiophene rings is 1. The molecule has 16 heavy (non-hydrogen) atoms. The van der Waals surface area contributed by atoms with Crippen molar-refractivity contribution in [1.29, 1.82) is 0 Å². The van der Waals surface area contributed by atoms with E-state index in [0.29, 0.717) is 6.54 Å². The van der Waals surface area contributed by atoms with E-state index in [9.17, 15) is 4.79 Å². The normalized spacial score (nSPS) is 24.6. The van der Waals surface area contributed by atoms with Gasteiger partial charge in [-0.2, -0.15) is 0 Å². The molecular weight excluding hydrogens is 220 g/mol. The molecule has 1 saturated heterocycles. The first-order valence-electron chi connectivity index (χ1n) is 5.65. The average molecular weight is 238 g/mol. The zero-order valence-corrected chi connectivity index (χ0v) is 10.6. The van der Waals surface area contributed by atoms with Crippen LogP contribution < -0.4 is 5.32 Å². The van der Waals surface area contributed by atoms with E-state index in [1.807, 2.05) is 30.3 Å². The van der Waals surface area contributed by atoms with E-state index in [2.05, 4.69) is 11.4 Å². The molecule has 0 aliphatic carbocycles. The molecular formula is C12H18N2OS. The molecule has 0 aromatic carbocycles. The summed E-state index contributed by atoms with van der Waals surface area (Å²) in [4.78, 5) is 15.3. The maximum absolute atomic E-state index is 12.3. The zero-order valence-electron chi connectivity index (χ0n) is 9.82. The number of nitrogens with one attached hydrogen (secondary N) is 1. The molecule has 2 heterocycles. The number of hydrogen-bond donors (Lipinski definition) is 1. The summed E-state index contributed by atoms with van der Waals surface area (Å²) < 4.78 is 0. The van der Waals surface area contributed by atoms with Gasteiger partial charge in [-0.25, -0.2) is 0 Å². The first-order valence-corrected chi connectivity index (χ1v) is 6.53. The van der Waals surface area contributed by atoms with E-state index in [1.165, 1.54) is 4.88 Å². The maximum atomic E-state index is 12.3. The molecule has 1 aliphatic rings. The largest absolute Gasteiger partial charge is 0.339 e.